The van der Waals surface area contributed by atoms with Gasteiger partial charge in [-0.15, -0.1) is 11.3 Å². The zero-order valence-corrected chi connectivity index (χ0v) is 15.9. The molecule has 0 saturated heterocycles. The van der Waals surface area contributed by atoms with Gasteiger partial charge in [0.2, 0.25) is 5.91 Å². The number of carbonyl (C=O) groups excluding carboxylic acids is 1. The van der Waals surface area contributed by atoms with E-state index in [1.807, 2.05) is 29.6 Å². The molecule has 2 heterocycles. The summed E-state index contributed by atoms with van der Waals surface area (Å²) in [5.74, 6) is -0.0981. The standard InChI is InChI=1S/C19H20N2O5S/c1-25-13-8-12(9-14(10-13)26-2)16-11-15(17-4-3-7-27-17)20-21(16)18(22)5-6-19(23)24/h3-4,7-10,16H,5-6,11H2,1-2H3,(H,23,24). The molecule has 1 atom stereocenters. The third-order valence-electron chi connectivity index (χ3n) is 4.28. The van der Waals surface area contributed by atoms with Crippen molar-refractivity contribution >= 4 is 28.9 Å². The van der Waals surface area contributed by atoms with Crippen molar-refractivity contribution < 1.29 is 24.2 Å². The summed E-state index contributed by atoms with van der Waals surface area (Å²) in [6.45, 7) is 0. The molecule has 1 aliphatic rings. The molecule has 142 valence electrons. The van der Waals surface area contributed by atoms with Crippen LogP contribution < -0.4 is 9.47 Å². The number of methoxy groups -OCH3 is 2. The Morgan fingerprint density at radius 2 is 1.93 bits per heavy atom. The van der Waals surface area contributed by atoms with E-state index in [2.05, 4.69) is 5.10 Å². The fourth-order valence-electron chi connectivity index (χ4n) is 2.94. The van der Waals surface area contributed by atoms with E-state index in [-0.39, 0.29) is 24.8 Å². The summed E-state index contributed by atoms with van der Waals surface area (Å²) in [5, 5.41) is 16.8. The third kappa shape index (κ3) is 4.28. The second-order valence-corrected chi connectivity index (χ2v) is 6.97. The van der Waals surface area contributed by atoms with Gasteiger partial charge < -0.3 is 14.6 Å². The topological polar surface area (TPSA) is 88.4 Å². The molecule has 0 fully saturated rings. The molecule has 2 aromatic rings. The van der Waals surface area contributed by atoms with Crippen LogP contribution in [0.5, 0.6) is 11.5 Å². The minimum Gasteiger partial charge on any atom is -0.497 e. The molecule has 1 aromatic heterocycles. The number of hydrogen-bond donors (Lipinski definition) is 1. The highest BCUT2D eigenvalue weighted by Crippen LogP contribution is 2.37. The van der Waals surface area contributed by atoms with Gasteiger partial charge in [-0.05, 0) is 29.1 Å². The van der Waals surface area contributed by atoms with Crippen molar-refractivity contribution in [1.82, 2.24) is 5.01 Å². The number of carboxylic acids is 1. The molecular formula is C19H20N2O5S. The number of benzene rings is 1. The van der Waals surface area contributed by atoms with E-state index in [1.54, 1.807) is 31.6 Å². The molecule has 3 rings (SSSR count). The van der Waals surface area contributed by atoms with Gasteiger partial charge in [-0.3, -0.25) is 9.59 Å². The summed E-state index contributed by atoms with van der Waals surface area (Å²) >= 11 is 1.55. The number of amides is 1. The highest BCUT2D eigenvalue weighted by atomic mass is 32.1. The molecule has 8 heteroatoms. The molecule has 27 heavy (non-hydrogen) atoms. The maximum Gasteiger partial charge on any atom is 0.303 e. The number of aliphatic carboxylic acids is 1. The van der Waals surface area contributed by atoms with E-state index in [4.69, 9.17) is 14.6 Å². The van der Waals surface area contributed by atoms with Gasteiger partial charge >= 0.3 is 5.97 Å². The van der Waals surface area contributed by atoms with E-state index >= 15 is 0 Å². The number of carbonyl (C=O) groups is 2. The Kier molecular flexibility index (Phi) is 5.75. The zero-order chi connectivity index (χ0) is 19.4. The molecule has 0 aliphatic carbocycles. The first-order valence-electron chi connectivity index (χ1n) is 8.40. The molecule has 7 nitrogen and oxygen atoms in total. The van der Waals surface area contributed by atoms with Gasteiger partial charge in [-0.2, -0.15) is 5.10 Å². The summed E-state index contributed by atoms with van der Waals surface area (Å²) in [5.41, 5.74) is 1.63. The average molecular weight is 388 g/mol. The Bertz CT molecular complexity index is 841. The van der Waals surface area contributed by atoms with Crippen LogP contribution in [0.3, 0.4) is 0 Å². The first kappa shape index (κ1) is 18.9. The molecule has 1 aromatic carbocycles. The normalized spacial score (nSPS) is 16.1. The molecule has 1 amide bonds. The number of rotatable bonds is 7. The summed E-state index contributed by atoms with van der Waals surface area (Å²) in [7, 11) is 3.13. The molecular weight excluding hydrogens is 368 g/mol. The molecule has 1 N–H and O–H groups in total. The fraction of sp³-hybridized carbons (Fsp3) is 0.316. The number of hydrogen-bond acceptors (Lipinski definition) is 6. The maximum atomic E-state index is 12.7. The van der Waals surface area contributed by atoms with Gasteiger partial charge in [0, 0.05) is 18.9 Å². The van der Waals surface area contributed by atoms with Crippen LogP contribution in [0.1, 0.15) is 35.7 Å². The van der Waals surface area contributed by atoms with Crippen LogP contribution in [0.4, 0.5) is 0 Å². The van der Waals surface area contributed by atoms with Crippen LogP contribution in [0.2, 0.25) is 0 Å². The number of carboxylic acid groups (broad SMARTS) is 1. The molecule has 1 aliphatic heterocycles. The Morgan fingerprint density at radius 3 is 2.48 bits per heavy atom. The van der Waals surface area contributed by atoms with Gasteiger partial charge in [0.05, 0.1) is 37.3 Å². The van der Waals surface area contributed by atoms with Crippen molar-refractivity contribution in [1.29, 1.82) is 0 Å². The molecule has 0 saturated carbocycles. The lowest BCUT2D eigenvalue weighted by molar-refractivity contribution is -0.141. The van der Waals surface area contributed by atoms with Crippen molar-refractivity contribution in [2.24, 2.45) is 5.10 Å². The predicted octanol–water partition coefficient (Wildman–Crippen LogP) is 3.31. The highest BCUT2D eigenvalue weighted by Gasteiger charge is 2.34. The van der Waals surface area contributed by atoms with E-state index in [0.717, 1.165) is 16.2 Å². The number of thiophene rings is 1. The van der Waals surface area contributed by atoms with E-state index < -0.39 is 5.97 Å². The number of ether oxygens (including phenoxy) is 2. The van der Waals surface area contributed by atoms with Crippen LogP contribution in [0, 0.1) is 0 Å². The first-order chi connectivity index (χ1) is 13.0. The Morgan fingerprint density at radius 1 is 1.22 bits per heavy atom. The van der Waals surface area contributed by atoms with Crippen LogP contribution >= 0.6 is 11.3 Å². The number of hydrazone groups is 1. The van der Waals surface area contributed by atoms with Crippen molar-refractivity contribution in [2.45, 2.75) is 25.3 Å². The zero-order valence-electron chi connectivity index (χ0n) is 15.0. The van der Waals surface area contributed by atoms with Crippen LogP contribution in [-0.4, -0.2) is 41.9 Å². The van der Waals surface area contributed by atoms with Gasteiger partial charge in [0.25, 0.3) is 0 Å². The van der Waals surface area contributed by atoms with Crippen molar-refractivity contribution in [3.05, 3.63) is 46.2 Å². The van der Waals surface area contributed by atoms with Gasteiger partial charge in [0.1, 0.15) is 11.5 Å². The lowest BCUT2D eigenvalue weighted by Gasteiger charge is -2.22. The summed E-state index contributed by atoms with van der Waals surface area (Å²) in [6.07, 6.45) is 0.206. The van der Waals surface area contributed by atoms with Crippen LogP contribution in [-0.2, 0) is 9.59 Å². The average Bonchev–Trinajstić information content (AvgIpc) is 3.35. The molecule has 0 radical (unpaired) electrons. The van der Waals surface area contributed by atoms with Crippen molar-refractivity contribution in [3.63, 3.8) is 0 Å². The lowest BCUT2D eigenvalue weighted by Crippen LogP contribution is -2.27. The van der Waals surface area contributed by atoms with Crippen molar-refractivity contribution in [3.8, 4) is 11.5 Å². The Labute approximate surface area is 160 Å². The monoisotopic (exact) mass is 388 g/mol. The lowest BCUT2D eigenvalue weighted by atomic mass is 10.00. The van der Waals surface area contributed by atoms with E-state index in [0.29, 0.717) is 17.9 Å². The van der Waals surface area contributed by atoms with Gasteiger partial charge in [-0.1, -0.05) is 6.07 Å². The van der Waals surface area contributed by atoms with Gasteiger partial charge in [0.15, 0.2) is 0 Å². The second kappa shape index (κ2) is 8.22. The minimum atomic E-state index is -1.01. The fourth-order valence-corrected chi connectivity index (χ4v) is 3.66. The third-order valence-corrected chi connectivity index (χ3v) is 5.20. The van der Waals surface area contributed by atoms with Crippen LogP contribution in [0.15, 0.2) is 40.8 Å². The summed E-state index contributed by atoms with van der Waals surface area (Å²) in [6, 6.07) is 9.00. The van der Waals surface area contributed by atoms with E-state index in [9.17, 15) is 9.59 Å². The van der Waals surface area contributed by atoms with E-state index in [1.165, 1.54) is 5.01 Å². The van der Waals surface area contributed by atoms with Crippen LogP contribution in [0.25, 0.3) is 0 Å². The Hall–Kier alpha value is -2.87. The Balaban J connectivity index is 1.94. The highest BCUT2D eigenvalue weighted by molar-refractivity contribution is 7.12. The smallest absolute Gasteiger partial charge is 0.303 e. The molecule has 0 spiro atoms. The quantitative estimate of drug-likeness (QED) is 0.786. The summed E-state index contributed by atoms with van der Waals surface area (Å²) < 4.78 is 10.7. The van der Waals surface area contributed by atoms with Crippen molar-refractivity contribution in [2.75, 3.05) is 14.2 Å². The van der Waals surface area contributed by atoms with Gasteiger partial charge in [-0.25, -0.2) is 5.01 Å². The predicted molar refractivity (Wildman–Crippen MR) is 101 cm³/mol. The summed E-state index contributed by atoms with van der Waals surface area (Å²) in [4.78, 5) is 24.5. The minimum absolute atomic E-state index is 0.103. The first-order valence-corrected chi connectivity index (χ1v) is 9.28. The SMILES string of the molecule is COc1cc(OC)cc(C2CC(c3cccs3)=NN2C(=O)CCC(=O)O)c1. The largest absolute Gasteiger partial charge is 0.497 e. The molecule has 0 bridgehead atoms. The number of nitrogens with zero attached hydrogens (tertiary/aromatic N) is 2. The second-order valence-electron chi connectivity index (χ2n) is 6.02. The maximum absolute atomic E-state index is 12.7. The molecule has 1 unspecified atom stereocenters.